The Balaban J connectivity index is 0.00000243. The van der Waals surface area contributed by atoms with Crippen molar-refractivity contribution in [3.63, 3.8) is 0 Å². The number of carbonyl (C=O) groups is 1. The van der Waals surface area contributed by atoms with E-state index < -0.39 is 10.0 Å². The van der Waals surface area contributed by atoms with Crippen LogP contribution in [-0.2, 0) is 17.1 Å². The lowest BCUT2D eigenvalue weighted by Gasteiger charge is -2.35. The lowest BCUT2D eigenvalue weighted by molar-refractivity contribution is 0.0621. The van der Waals surface area contributed by atoms with Gasteiger partial charge in [0.1, 0.15) is 11.9 Å². The zero-order valence-corrected chi connectivity index (χ0v) is 16.2. The molecule has 1 aliphatic rings. The second-order valence-corrected chi connectivity index (χ2v) is 7.81. The number of hydrogen-bond donors (Lipinski definition) is 2. The Morgan fingerprint density at radius 3 is 2.58 bits per heavy atom. The number of rotatable bonds is 4. The number of nitrogens with zero attached hydrogens (tertiary/aromatic N) is 3. The minimum atomic E-state index is -3.34. The predicted octanol–water partition coefficient (Wildman–Crippen LogP) is 1.00. The predicted molar refractivity (Wildman–Crippen MR) is 102 cm³/mol. The summed E-state index contributed by atoms with van der Waals surface area (Å²) < 4.78 is 26.8. The van der Waals surface area contributed by atoms with Crippen molar-refractivity contribution in [3.05, 3.63) is 48.0 Å². The molecule has 1 atom stereocenters. The number of hydrogen-bond acceptors (Lipinski definition) is 5. The third-order valence-electron chi connectivity index (χ3n) is 4.10. The van der Waals surface area contributed by atoms with Gasteiger partial charge in [0, 0.05) is 50.3 Å². The zero-order valence-electron chi connectivity index (χ0n) is 14.5. The second kappa shape index (κ2) is 8.07. The lowest BCUT2D eigenvalue weighted by Crippen LogP contribution is -2.49. The first-order chi connectivity index (χ1) is 11.8. The van der Waals surface area contributed by atoms with E-state index in [9.17, 15) is 13.2 Å². The maximum absolute atomic E-state index is 12.9. The molecule has 0 aliphatic carbocycles. The van der Waals surface area contributed by atoms with Gasteiger partial charge in [0.05, 0.1) is 6.26 Å². The van der Waals surface area contributed by atoms with E-state index in [0.717, 1.165) is 18.6 Å². The van der Waals surface area contributed by atoms with E-state index in [1.165, 1.54) is 0 Å². The van der Waals surface area contributed by atoms with Crippen molar-refractivity contribution in [1.29, 1.82) is 0 Å². The number of aryl methyl sites for hydroxylation is 1. The molecule has 2 N–H and O–H groups in total. The summed E-state index contributed by atoms with van der Waals surface area (Å²) in [6, 6.07) is 6.30. The van der Waals surface area contributed by atoms with Crippen molar-refractivity contribution < 1.29 is 13.2 Å². The normalized spacial score (nSPS) is 17.5. The van der Waals surface area contributed by atoms with Gasteiger partial charge in [-0.3, -0.25) is 9.52 Å². The third-order valence-corrected chi connectivity index (χ3v) is 4.70. The first-order valence-corrected chi connectivity index (χ1v) is 9.81. The lowest BCUT2D eigenvalue weighted by atomic mass is 10.1. The Morgan fingerprint density at radius 1 is 1.31 bits per heavy atom. The summed E-state index contributed by atoms with van der Waals surface area (Å²) in [6.07, 6.45) is 4.67. The molecule has 8 nitrogen and oxygen atoms in total. The number of aromatic nitrogens is 2. The van der Waals surface area contributed by atoms with Crippen LogP contribution < -0.4 is 10.0 Å². The van der Waals surface area contributed by atoms with Crippen LogP contribution in [0.1, 0.15) is 22.2 Å². The summed E-state index contributed by atoms with van der Waals surface area (Å²) >= 11 is 0. The van der Waals surface area contributed by atoms with E-state index in [1.807, 2.05) is 17.8 Å². The van der Waals surface area contributed by atoms with Gasteiger partial charge in [-0.2, -0.15) is 0 Å². The highest BCUT2D eigenvalue weighted by Crippen LogP contribution is 2.23. The molecule has 0 bridgehead atoms. The number of benzene rings is 1. The molecule has 0 radical (unpaired) electrons. The fourth-order valence-corrected chi connectivity index (χ4v) is 3.50. The van der Waals surface area contributed by atoms with Gasteiger partial charge in [0.2, 0.25) is 10.0 Å². The monoisotopic (exact) mass is 399 g/mol. The van der Waals surface area contributed by atoms with Crippen LogP contribution >= 0.6 is 12.4 Å². The van der Waals surface area contributed by atoms with Gasteiger partial charge in [0.15, 0.2) is 0 Å². The minimum absolute atomic E-state index is 0. The molecule has 142 valence electrons. The van der Waals surface area contributed by atoms with Crippen molar-refractivity contribution >= 4 is 34.0 Å². The molecule has 1 fully saturated rings. The third kappa shape index (κ3) is 4.54. The number of sulfonamides is 1. The van der Waals surface area contributed by atoms with Crippen LogP contribution in [0.4, 0.5) is 5.69 Å². The summed E-state index contributed by atoms with van der Waals surface area (Å²) in [7, 11) is -1.43. The van der Waals surface area contributed by atoms with Crippen molar-refractivity contribution in [2.24, 2.45) is 7.05 Å². The number of carbonyl (C=O) groups excluding carboxylic acids is 1. The summed E-state index contributed by atoms with van der Waals surface area (Å²) in [5.41, 5.74) is 0.945. The first kappa shape index (κ1) is 20.2. The molecule has 0 spiro atoms. The smallest absolute Gasteiger partial charge is 0.254 e. The van der Waals surface area contributed by atoms with E-state index in [0.29, 0.717) is 24.3 Å². The molecule has 3 rings (SSSR count). The van der Waals surface area contributed by atoms with Gasteiger partial charge in [-0.1, -0.05) is 0 Å². The maximum Gasteiger partial charge on any atom is 0.254 e. The number of anilines is 1. The molecule has 2 heterocycles. The SMILES string of the molecule is Cl.Cn1ccnc1C1CNCCN1C(=O)c1ccc(NS(C)(=O)=O)cc1. The average Bonchev–Trinajstić information content (AvgIpc) is 2.99. The topological polar surface area (TPSA) is 96.3 Å². The standard InChI is InChI=1S/C16H21N5O3S.ClH/c1-20-9-8-18-15(20)14-11-17-7-10-21(14)16(22)12-3-5-13(6-4-12)19-25(2,23)24;/h3-6,8-9,14,17,19H,7,10-11H2,1-2H3;1H. The largest absolute Gasteiger partial charge is 0.336 e. The van der Waals surface area contributed by atoms with Crippen molar-refractivity contribution in [2.75, 3.05) is 30.6 Å². The fraction of sp³-hybridized carbons (Fsp3) is 0.375. The van der Waals surface area contributed by atoms with E-state index in [-0.39, 0.29) is 24.4 Å². The zero-order chi connectivity index (χ0) is 18.0. The first-order valence-electron chi connectivity index (χ1n) is 7.92. The Bertz CT molecular complexity index is 866. The minimum Gasteiger partial charge on any atom is -0.336 e. The summed E-state index contributed by atoms with van der Waals surface area (Å²) in [5, 5.41) is 3.30. The summed E-state index contributed by atoms with van der Waals surface area (Å²) in [6.45, 7) is 1.95. The Kier molecular flexibility index (Phi) is 6.27. The van der Waals surface area contributed by atoms with Crippen molar-refractivity contribution in [3.8, 4) is 0 Å². The van der Waals surface area contributed by atoms with Crippen LogP contribution in [0.3, 0.4) is 0 Å². The van der Waals surface area contributed by atoms with Gasteiger partial charge in [-0.05, 0) is 24.3 Å². The van der Waals surface area contributed by atoms with E-state index >= 15 is 0 Å². The average molecular weight is 400 g/mol. The van der Waals surface area contributed by atoms with E-state index in [1.54, 1.807) is 35.4 Å². The quantitative estimate of drug-likeness (QED) is 0.799. The highest BCUT2D eigenvalue weighted by Gasteiger charge is 2.30. The number of piperazine rings is 1. The van der Waals surface area contributed by atoms with Crippen LogP contribution in [0.15, 0.2) is 36.7 Å². The summed E-state index contributed by atoms with van der Waals surface area (Å²) in [4.78, 5) is 19.1. The van der Waals surface area contributed by atoms with E-state index in [2.05, 4.69) is 15.0 Å². The molecular formula is C16H22ClN5O3S. The van der Waals surface area contributed by atoms with Gasteiger partial charge in [-0.15, -0.1) is 12.4 Å². The van der Waals surface area contributed by atoms with Crippen molar-refractivity contribution in [2.45, 2.75) is 6.04 Å². The molecular weight excluding hydrogens is 378 g/mol. The van der Waals surface area contributed by atoms with Crippen LogP contribution in [0.2, 0.25) is 0 Å². The Hall–Kier alpha value is -2.10. The van der Waals surface area contributed by atoms with Crippen molar-refractivity contribution in [1.82, 2.24) is 19.8 Å². The molecule has 1 aromatic carbocycles. The van der Waals surface area contributed by atoms with Gasteiger partial charge in [-0.25, -0.2) is 13.4 Å². The Labute approximate surface area is 159 Å². The van der Waals surface area contributed by atoms with Gasteiger partial charge >= 0.3 is 0 Å². The highest BCUT2D eigenvalue weighted by molar-refractivity contribution is 7.92. The molecule has 1 aliphatic heterocycles. The van der Waals surface area contributed by atoms with Crippen LogP contribution in [0.25, 0.3) is 0 Å². The summed E-state index contributed by atoms with van der Waals surface area (Å²) in [5.74, 6) is 0.733. The van der Waals surface area contributed by atoms with Gasteiger partial charge < -0.3 is 14.8 Å². The molecule has 2 aromatic rings. The Morgan fingerprint density at radius 2 is 2.00 bits per heavy atom. The number of halogens is 1. The highest BCUT2D eigenvalue weighted by atomic mass is 35.5. The number of imidazole rings is 1. The molecule has 26 heavy (non-hydrogen) atoms. The number of amides is 1. The molecule has 0 saturated carbocycles. The second-order valence-electron chi connectivity index (χ2n) is 6.07. The van der Waals surface area contributed by atoms with Crippen LogP contribution in [-0.4, -0.2) is 54.7 Å². The molecule has 10 heteroatoms. The van der Waals surface area contributed by atoms with Crippen LogP contribution in [0.5, 0.6) is 0 Å². The molecule has 1 amide bonds. The molecule has 1 unspecified atom stereocenters. The maximum atomic E-state index is 12.9. The molecule has 1 saturated heterocycles. The fourth-order valence-electron chi connectivity index (χ4n) is 2.94. The van der Waals surface area contributed by atoms with Gasteiger partial charge in [0.25, 0.3) is 5.91 Å². The van der Waals surface area contributed by atoms with Crippen LogP contribution in [0, 0.1) is 0 Å². The number of nitrogens with one attached hydrogen (secondary N) is 2. The molecule has 1 aromatic heterocycles. The van der Waals surface area contributed by atoms with E-state index in [4.69, 9.17) is 0 Å².